The largest absolute Gasteiger partial charge is 0.391 e. The van der Waals surface area contributed by atoms with E-state index in [-0.39, 0.29) is 60.6 Å². The molecule has 0 aliphatic heterocycles. The summed E-state index contributed by atoms with van der Waals surface area (Å²) in [6, 6.07) is 29.2. The van der Waals surface area contributed by atoms with Crippen molar-refractivity contribution in [2.75, 3.05) is 0 Å². The van der Waals surface area contributed by atoms with Crippen LogP contribution in [-0.2, 0) is 36.4 Å². The molecular formula is C54H84N6O4. The summed E-state index contributed by atoms with van der Waals surface area (Å²) >= 11 is 0. The van der Waals surface area contributed by atoms with E-state index in [2.05, 4.69) is 73.9 Å². The first-order valence-corrected chi connectivity index (χ1v) is 21.4. The zero-order valence-electron chi connectivity index (χ0n) is 40.0. The Hall–Kier alpha value is -5.35. The van der Waals surface area contributed by atoms with E-state index in [0.717, 1.165) is 57.4 Å². The Morgan fingerprint density at radius 3 is 1.05 bits per heavy atom. The van der Waals surface area contributed by atoms with Gasteiger partial charge in [-0.2, -0.15) is 0 Å². The SMILES string of the molecule is C.C.C.Cc1c(C(C)(C)C)c(=O)n(-c2ccccc2)n1C.Cc1c(C(C)(C)C)c(=O)n(-c2ccccc2)n1CC(C)(C)C.Cc1c(C(C)(C)C)c(=O)n(-c2ccccc2)n1CC(C)O. The standard InChI is InChI=1S/C19H28N2O.C17H24N2O2.C15H20N2O.3CH4/c1-14-16(19(5,6)7)17(22)21(15-11-9-8-10-12-15)20(14)13-18(2,3)4;1-12(20)11-18-13(2)15(17(3,4)5)16(21)19(18)14-9-7-6-8-10-14;1-11-13(15(2,3)4)14(18)17(16(11)5)12-9-7-6-8-10-12;;;/h8-12H,13H2,1-7H3;6-10,12,20H,11H2,1-5H3;6-10H,1-5H3;3*1H4. The van der Waals surface area contributed by atoms with Crippen LogP contribution in [0.5, 0.6) is 0 Å². The lowest BCUT2D eigenvalue weighted by atomic mass is 9.87. The van der Waals surface area contributed by atoms with Crippen LogP contribution in [0.3, 0.4) is 0 Å². The van der Waals surface area contributed by atoms with Gasteiger partial charge in [-0.25, -0.2) is 14.0 Å². The number of rotatable bonds is 6. The van der Waals surface area contributed by atoms with E-state index in [4.69, 9.17) is 0 Å². The molecule has 10 nitrogen and oxygen atoms in total. The van der Waals surface area contributed by atoms with E-state index in [1.807, 2.05) is 147 Å². The first-order valence-electron chi connectivity index (χ1n) is 21.4. The quantitative estimate of drug-likeness (QED) is 0.180. The molecule has 0 saturated heterocycles. The van der Waals surface area contributed by atoms with Gasteiger partial charge in [-0.15, -0.1) is 0 Å². The molecule has 3 aromatic heterocycles. The van der Waals surface area contributed by atoms with Gasteiger partial charge in [-0.1, -0.05) is 160 Å². The lowest BCUT2D eigenvalue weighted by Crippen LogP contribution is -2.28. The van der Waals surface area contributed by atoms with Gasteiger partial charge in [0.2, 0.25) is 0 Å². The van der Waals surface area contributed by atoms with Gasteiger partial charge in [0.05, 0.1) is 29.7 Å². The maximum atomic E-state index is 13.1. The number of hydrogen-bond donors (Lipinski definition) is 1. The van der Waals surface area contributed by atoms with Crippen molar-refractivity contribution in [3.8, 4) is 17.1 Å². The Morgan fingerprint density at radius 1 is 0.469 bits per heavy atom. The smallest absolute Gasteiger partial charge is 0.275 e. The number of aromatic nitrogens is 6. The maximum Gasteiger partial charge on any atom is 0.275 e. The summed E-state index contributed by atoms with van der Waals surface area (Å²) in [5, 5.41) is 9.77. The predicted molar refractivity (Wildman–Crippen MR) is 273 cm³/mol. The molecule has 1 atom stereocenters. The van der Waals surface area contributed by atoms with Crippen LogP contribution in [0.15, 0.2) is 105 Å². The number of hydrogen-bond acceptors (Lipinski definition) is 4. The number of aliphatic hydroxyl groups excluding tert-OH is 1. The van der Waals surface area contributed by atoms with Gasteiger partial charge in [-0.3, -0.25) is 28.4 Å². The van der Waals surface area contributed by atoms with Crippen molar-refractivity contribution in [3.05, 3.63) is 156 Å². The van der Waals surface area contributed by atoms with E-state index < -0.39 is 6.10 Å². The van der Waals surface area contributed by atoms with E-state index >= 15 is 0 Å². The van der Waals surface area contributed by atoms with Crippen molar-refractivity contribution in [2.24, 2.45) is 12.5 Å². The molecule has 0 bridgehead atoms. The molecule has 354 valence electrons. The van der Waals surface area contributed by atoms with Gasteiger partial charge in [0.25, 0.3) is 16.7 Å². The van der Waals surface area contributed by atoms with Gasteiger partial charge in [-0.05, 0) is 85.8 Å². The second-order valence-corrected chi connectivity index (χ2v) is 20.6. The van der Waals surface area contributed by atoms with Crippen LogP contribution < -0.4 is 16.7 Å². The van der Waals surface area contributed by atoms with Gasteiger partial charge < -0.3 is 5.11 Å². The van der Waals surface area contributed by atoms with Crippen LogP contribution in [0.2, 0.25) is 0 Å². The lowest BCUT2D eigenvalue weighted by molar-refractivity contribution is 0.163. The molecule has 0 radical (unpaired) electrons. The zero-order valence-corrected chi connectivity index (χ0v) is 40.0. The normalized spacial score (nSPS) is 12.1. The zero-order chi connectivity index (χ0) is 46.0. The fourth-order valence-corrected chi connectivity index (χ4v) is 8.22. The summed E-state index contributed by atoms with van der Waals surface area (Å²) in [6.45, 7) is 34.2. The molecule has 0 fully saturated rings. The molecule has 0 aliphatic rings. The minimum Gasteiger partial charge on any atom is -0.391 e. The van der Waals surface area contributed by atoms with Crippen molar-refractivity contribution < 1.29 is 5.11 Å². The number of benzene rings is 3. The van der Waals surface area contributed by atoms with Crippen LogP contribution in [0, 0.1) is 26.2 Å². The van der Waals surface area contributed by atoms with Gasteiger partial charge in [0.15, 0.2) is 0 Å². The Bertz CT molecular complexity index is 2570. The Kier molecular flexibility index (Phi) is 19.1. The highest BCUT2D eigenvalue weighted by atomic mass is 16.3. The van der Waals surface area contributed by atoms with Crippen molar-refractivity contribution >= 4 is 0 Å². The van der Waals surface area contributed by atoms with Crippen molar-refractivity contribution in [1.82, 2.24) is 28.1 Å². The molecule has 0 amide bonds. The number of nitrogens with zero attached hydrogens (tertiary/aromatic N) is 6. The third kappa shape index (κ3) is 12.7. The van der Waals surface area contributed by atoms with E-state index in [0.29, 0.717) is 6.54 Å². The monoisotopic (exact) mass is 881 g/mol. The molecule has 1 N–H and O–H groups in total. The molecule has 10 heteroatoms. The first-order chi connectivity index (χ1) is 28.1. The third-order valence-electron chi connectivity index (χ3n) is 10.7. The van der Waals surface area contributed by atoms with Crippen molar-refractivity contribution in [3.63, 3.8) is 0 Å². The third-order valence-corrected chi connectivity index (χ3v) is 10.7. The Balaban J connectivity index is 0.000000471. The van der Waals surface area contributed by atoms with E-state index in [1.54, 1.807) is 16.3 Å². The number of aliphatic hydroxyl groups is 1. The molecule has 0 aliphatic carbocycles. The minimum absolute atomic E-state index is 0. The lowest BCUT2D eigenvalue weighted by Gasteiger charge is -2.23. The summed E-state index contributed by atoms with van der Waals surface area (Å²) in [5.74, 6) is 0. The molecule has 0 saturated carbocycles. The van der Waals surface area contributed by atoms with E-state index in [9.17, 15) is 19.5 Å². The van der Waals surface area contributed by atoms with E-state index in [1.165, 1.54) is 0 Å². The summed E-state index contributed by atoms with van der Waals surface area (Å²) in [7, 11) is 1.93. The van der Waals surface area contributed by atoms with Crippen LogP contribution in [0.4, 0.5) is 0 Å². The molecule has 3 heterocycles. The Morgan fingerprint density at radius 2 is 0.750 bits per heavy atom. The van der Waals surface area contributed by atoms with Crippen LogP contribution in [0.25, 0.3) is 17.1 Å². The highest BCUT2D eigenvalue weighted by Gasteiger charge is 2.30. The highest BCUT2D eigenvalue weighted by molar-refractivity contribution is 5.38. The summed E-state index contributed by atoms with van der Waals surface area (Å²) in [4.78, 5) is 38.6. The molecule has 3 aromatic carbocycles. The molecule has 1 unspecified atom stereocenters. The van der Waals surface area contributed by atoms with Gasteiger partial charge in [0.1, 0.15) is 0 Å². The van der Waals surface area contributed by atoms with Crippen LogP contribution in [0.1, 0.15) is 146 Å². The Labute approximate surface area is 385 Å². The second-order valence-electron chi connectivity index (χ2n) is 20.6. The topological polar surface area (TPSA) is 101 Å². The molecule has 0 spiro atoms. The first kappa shape index (κ1) is 56.7. The molecule has 64 heavy (non-hydrogen) atoms. The van der Waals surface area contributed by atoms with Crippen molar-refractivity contribution in [1.29, 1.82) is 0 Å². The fourth-order valence-electron chi connectivity index (χ4n) is 8.22. The van der Waals surface area contributed by atoms with Crippen LogP contribution in [-0.4, -0.2) is 39.3 Å². The average molecular weight is 881 g/mol. The fraction of sp³-hybridized carbons (Fsp3) is 0.500. The summed E-state index contributed by atoms with van der Waals surface area (Å²) < 4.78 is 11.2. The summed E-state index contributed by atoms with van der Waals surface area (Å²) in [5.41, 5.74) is 7.97. The van der Waals surface area contributed by atoms with Crippen LogP contribution >= 0.6 is 0 Å². The van der Waals surface area contributed by atoms with Gasteiger partial charge in [0, 0.05) is 47.4 Å². The van der Waals surface area contributed by atoms with Gasteiger partial charge >= 0.3 is 0 Å². The average Bonchev–Trinajstić information content (AvgIpc) is 3.64. The minimum atomic E-state index is -0.515. The molecular weight excluding hydrogens is 797 g/mol. The molecule has 6 rings (SSSR count). The highest BCUT2D eigenvalue weighted by Crippen LogP contribution is 2.28. The predicted octanol–water partition coefficient (Wildman–Crippen LogP) is 11.6. The second kappa shape index (κ2) is 21.6. The molecule has 6 aromatic rings. The maximum absolute atomic E-state index is 13.1. The van der Waals surface area contributed by atoms with Crippen molar-refractivity contribution in [2.45, 2.75) is 168 Å². The number of para-hydroxylation sites is 3. The summed E-state index contributed by atoms with van der Waals surface area (Å²) in [6.07, 6.45) is -0.515.